The summed E-state index contributed by atoms with van der Waals surface area (Å²) in [6.07, 6.45) is 2.11. The summed E-state index contributed by atoms with van der Waals surface area (Å²) in [7, 11) is 1.76. The summed E-state index contributed by atoms with van der Waals surface area (Å²) < 4.78 is 5.77. The molecular formula is C21H37IN4O2. The van der Waals surface area contributed by atoms with Gasteiger partial charge in [-0.3, -0.25) is 9.79 Å². The fourth-order valence-electron chi connectivity index (χ4n) is 2.73. The normalized spacial score (nSPS) is 12.3. The van der Waals surface area contributed by atoms with Crippen LogP contribution in [-0.2, 0) is 11.3 Å². The van der Waals surface area contributed by atoms with Crippen LogP contribution in [0.25, 0.3) is 0 Å². The summed E-state index contributed by atoms with van der Waals surface area (Å²) in [5.74, 6) is 1.20. The molecule has 1 unspecified atom stereocenters. The van der Waals surface area contributed by atoms with E-state index in [4.69, 9.17) is 4.74 Å². The second kappa shape index (κ2) is 15.6. The van der Waals surface area contributed by atoms with Gasteiger partial charge >= 0.3 is 0 Å². The number of benzene rings is 1. The van der Waals surface area contributed by atoms with Crippen molar-refractivity contribution in [1.29, 1.82) is 0 Å². The minimum atomic E-state index is -0.0307. The smallest absolute Gasteiger partial charge is 0.251 e. The summed E-state index contributed by atoms with van der Waals surface area (Å²) in [5, 5.41) is 9.53. The van der Waals surface area contributed by atoms with E-state index >= 15 is 0 Å². The molecule has 0 saturated heterocycles. The minimum absolute atomic E-state index is 0. The van der Waals surface area contributed by atoms with E-state index in [-0.39, 0.29) is 36.0 Å². The molecule has 0 spiro atoms. The van der Waals surface area contributed by atoms with Gasteiger partial charge in [0.15, 0.2) is 5.96 Å². The van der Waals surface area contributed by atoms with Crippen LogP contribution in [0.15, 0.2) is 29.3 Å². The molecule has 0 aromatic heterocycles. The zero-order valence-electron chi connectivity index (χ0n) is 17.9. The third kappa shape index (κ3) is 10.3. The Bertz CT molecular complexity index is 594. The maximum atomic E-state index is 12.1. The van der Waals surface area contributed by atoms with Gasteiger partial charge in [-0.25, -0.2) is 0 Å². The minimum Gasteiger partial charge on any atom is -0.378 e. The number of guanidine groups is 1. The largest absolute Gasteiger partial charge is 0.378 e. The number of hydrogen-bond acceptors (Lipinski definition) is 3. The highest BCUT2D eigenvalue weighted by Crippen LogP contribution is 2.10. The molecule has 1 aromatic carbocycles. The number of amides is 1. The van der Waals surface area contributed by atoms with Gasteiger partial charge in [0.1, 0.15) is 0 Å². The molecule has 1 rings (SSSR count). The van der Waals surface area contributed by atoms with Gasteiger partial charge in [0.25, 0.3) is 5.91 Å². The predicted molar refractivity (Wildman–Crippen MR) is 128 cm³/mol. The van der Waals surface area contributed by atoms with Crippen LogP contribution >= 0.6 is 24.0 Å². The van der Waals surface area contributed by atoms with Gasteiger partial charge in [-0.15, -0.1) is 24.0 Å². The van der Waals surface area contributed by atoms with Crippen molar-refractivity contribution in [3.05, 3.63) is 35.4 Å². The number of rotatable bonds is 11. The van der Waals surface area contributed by atoms with Crippen LogP contribution in [0.5, 0.6) is 0 Å². The summed E-state index contributed by atoms with van der Waals surface area (Å²) >= 11 is 0. The number of ether oxygens (including phenoxy) is 1. The molecule has 28 heavy (non-hydrogen) atoms. The molecule has 7 heteroatoms. The van der Waals surface area contributed by atoms with Crippen molar-refractivity contribution in [2.75, 3.05) is 26.7 Å². The Kier molecular flexibility index (Phi) is 14.8. The average molecular weight is 504 g/mol. The standard InChI is InChI=1S/C21H36N4O2.HI/c1-6-12-23-20(26)18-10-8-9-17(14-18)15-25-21(22-5)24-13-11-19(16(3)4)27-7-2;/h8-10,14,16,19H,6-7,11-13,15H2,1-5H3,(H,23,26)(H2,22,24,25);1H. The maximum Gasteiger partial charge on any atom is 0.251 e. The van der Waals surface area contributed by atoms with Crippen molar-refractivity contribution in [1.82, 2.24) is 16.0 Å². The second-order valence-corrected chi connectivity index (χ2v) is 6.84. The van der Waals surface area contributed by atoms with E-state index in [1.807, 2.05) is 38.1 Å². The quantitative estimate of drug-likeness (QED) is 0.245. The van der Waals surface area contributed by atoms with Crippen LogP contribution in [0, 0.1) is 5.92 Å². The van der Waals surface area contributed by atoms with Crippen LogP contribution in [0.4, 0.5) is 0 Å². The van der Waals surface area contributed by atoms with E-state index in [1.165, 1.54) is 0 Å². The molecule has 3 N–H and O–H groups in total. The molecule has 0 radical (unpaired) electrons. The number of nitrogens with one attached hydrogen (secondary N) is 3. The lowest BCUT2D eigenvalue weighted by Crippen LogP contribution is -2.39. The fraction of sp³-hybridized carbons (Fsp3) is 0.619. The molecule has 6 nitrogen and oxygen atoms in total. The summed E-state index contributed by atoms with van der Waals surface area (Å²) in [6.45, 7) is 11.2. The highest BCUT2D eigenvalue weighted by molar-refractivity contribution is 14.0. The molecular weight excluding hydrogens is 467 g/mol. The van der Waals surface area contributed by atoms with Crippen molar-refractivity contribution in [3.63, 3.8) is 0 Å². The highest BCUT2D eigenvalue weighted by atomic mass is 127. The monoisotopic (exact) mass is 504 g/mol. The highest BCUT2D eigenvalue weighted by Gasteiger charge is 2.13. The van der Waals surface area contributed by atoms with Gasteiger partial charge in [-0.2, -0.15) is 0 Å². The van der Waals surface area contributed by atoms with Crippen molar-refractivity contribution in [3.8, 4) is 0 Å². The first kappa shape index (κ1) is 26.6. The lowest BCUT2D eigenvalue weighted by atomic mass is 10.0. The first-order chi connectivity index (χ1) is 13.0. The molecule has 0 saturated carbocycles. The Morgan fingerprint density at radius 3 is 2.50 bits per heavy atom. The first-order valence-corrected chi connectivity index (χ1v) is 9.95. The second-order valence-electron chi connectivity index (χ2n) is 6.84. The van der Waals surface area contributed by atoms with Crippen LogP contribution in [0.1, 0.15) is 56.5 Å². The number of nitrogens with zero attached hydrogens (tertiary/aromatic N) is 1. The molecule has 0 aliphatic carbocycles. The van der Waals surface area contributed by atoms with Gasteiger partial charge < -0.3 is 20.7 Å². The van der Waals surface area contributed by atoms with Gasteiger partial charge in [0.05, 0.1) is 6.10 Å². The third-order valence-electron chi connectivity index (χ3n) is 4.25. The molecule has 0 fully saturated rings. The summed E-state index contributed by atoms with van der Waals surface area (Å²) in [5.41, 5.74) is 1.72. The van der Waals surface area contributed by atoms with Gasteiger partial charge in [-0.05, 0) is 43.4 Å². The summed E-state index contributed by atoms with van der Waals surface area (Å²) in [4.78, 5) is 16.3. The zero-order chi connectivity index (χ0) is 20.1. The van der Waals surface area contributed by atoms with Crippen LogP contribution in [0.2, 0.25) is 0 Å². The Morgan fingerprint density at radius 2 is 1.89 bits per heavy atom. The number of carbonyl (C=O) groups is 1. The molecule has 1 atom stereocenters. The topological polar surface area (TPSA) is 74.8 Å². The van der Waals surface area contributed by atoms with Crippen molar-refractivity contribution in [2.45, 2.75) is 53.2 Å². The first-order valence-electron chi connectivity index (χ1n) is 9.95. The van der Waals surface area contributed by atoms with Crippen LogP contribution < -0.4 is 16.0 Å². The Balaban J connectivity index is 0.00000729. The molecule has 0 bridgehead atoms. The van der Waals surface area contributed by atoms with Gasteiger partial charge in [0.2, 0.25) is 0 Å². The van der Waals surface area contributed by atoms with Gasteiger partial charge in [-0.1, -0.05) is 32.9 Å². The summed E-state index contributed by atoms with van der Waals surface area (Å²) in [6, 6.07) is 7.65. The van der Waals surface area contributed by atoms with E-state index in [1.54, 1.807) is 7.05 Å². The molecule has 0 heterocycles. The molecule has 1 amide bonds. The van der Waals surface area contributed by atoms with Crippen molar-refractivity contribution in [2.24, 2.45) is 10.9 Å². The van der Waals surface area contributed by atoms with Crippen LogP contribution in [-0.4, -0.2) is 44.7 Å². The van der Waals surface area contributed by atoms with Crippen LogP contribution in [0.3, 0.4) is 0 Å². The van der Waals surface area contributed by atoms with E-state index in [2.05, 4.69) is 34.8 Å². The fourth-order valence-corrected chi connectivity index (χ4v) is 2.73. The number of aliphatic imine (C=N–C) groups is 1. The average Bonchev–Trinajstić information content (AvgIpc) is 2.67. The predicted octanol–water partition coefficient (Wildman–Crippen LogP) is 3.56. The van der Waals surface area contributed by atoms with Gasteiger partial charge in [0, 0.05) is 38.9 Å². The molecule has 160 valence electrons. The van der Waals surface area contributed by atoms with E-state index in [9.17, 15) is 4.79 Å². The van der Waals surface area contributed by atoms with E-state index in [0.29, 0.717) is 24.6 Å². The zero-order valence-corrected chi connectivity index (χ0v) is 20.2. The van der Waals surface area contributed by atoms with Crippen molar-refractivity contribution >= 4 is 35.8 Å². The Morgan fingerprint density at radius 1 is 1.14 bits per heavy atom. The number of hydrogen-bond donors (Lipinski definition) is 3. The molecule has 0 aliphatic rings. The third-order valence-corrected chi connectivity index (χ3v) is 4.25. The van der Waals surface area contributed by atoms with Crippen molar-refractivity contribution < 1.29 is 9.53 Å². The lowest BCUT2D eigenvalue weighted by Gasteiger charge is -2.21. The molecule has 1 aromatic rings. The van der Waals surface area contributed by atoms with E-state index < -0.39 is 0 Å². The van der Waals surface area contributed by atoms with E-state index in [0.717, 1.165) is 37.5 Å². The number of carbonyl (C=O) groups excluding carboxylic acids is 1. The molecule has 0 aliphatic heterocycles. The lowest BCUT2D eigenvalue weighted by molar-refractivity contribution is 0.0258. The Labute approximate surface area is 187 Å². The number of halogens is 1. The SMILES string of the molecule is CCCNC(=O)c1cccc(CNC(=NC)NCCC(OCC)C(C)C)c1.I. The Hall–Kier alpha value is -1.35. The maximum absolute atomic E-state index is 12.1.